The van der Waals surface area contributed by atoms with Crippen molar-refractivity contribution in [1.82, 2.24) is 5.32 Å². The monoisotopic (exact) mass is 245 g/mol. The first-order valence-electron chi connectivity index (χ1n) is 6.54. The summed E-state index contributed by atoms with van der Waals surface area (Å²) in [4.78, 5) is 0. The van der Waals surface area contributed by atoms with Gasteiger partial charge >= 0.3 is 0 Å². The maximum atomic E-state index is 11.4. The van der Waals surface area contributed by atoms with Crippen molar-refractivity contribution in [2.45, 2.75) is 45.1 Å². The molecule has 1 saturated carbocycles. The van der Waals surface area contributed by atoms with Gasteiger partial charge in [0.1, 0.15) is 0 Å². The molecule has 1 heterocycles. The van der Waals surface area contributed by atoms with Gasteiger partial charge in [0.15, 0.2) is 9.84 Å². The molecule has 0 aromatic heterocycles. The van der Waals surface area contributed by atoms with Gasteiger partial charge in [-0.15, -0.1) is 0 Å². The third-order valence-electron chi connectivity index (χ3n) is 3.76. The third kappa shape index (κ3) is 3.45. The van der Waals surface area contributed by atoms with Gasteiger partial charge in [0.25, 0.3) is 0 Å². The molecule has 0 aromatic carbocycles. The molecule has 2 unspecified atom stereocenters. The fourth-order valence-electron chi connectivity index (χ4n) is 2.69. The van der Waals surface area contributed by atoms with Crippen molar-refractivity contribution in [3.8, 4) is 0 Å². The predicted molar refractivity (Wildman–Crippen MR) is 66.2 cm³/mol. The summed E-state index contributed by atoms with van der Waals surface area (Å²) in [6.45, 7) is 3.25. The van der Waals surface area contributed by atoms with Gasteiger partial charge in [-0.25, -0.2) is 8.42 Å². The Morgan fingerprint density at radius 2 is 2.06 bits per heavy atom. The van der Waals surface area contributed by atoms with Gasteiger partial charge in [-0.3, -0.25) is 0 Å². The lowest BCUT2D eigenvalue weighted by Crippen LogP contribution is -2.34. The van der Waals surface area contributed by atoms with Crippen molar-refractivity contribution in [2.75, 3.05) is 18.1 Å². The van der Waals surface area contributed by atoms with Gasteiger partial charge in [-0.1, -0.05) is 6.92 Å². The quantitative estimate of drug-likeness (QED) is 0.773. The molecule has 1 saturated heterocycles. The lowest BCUT2D eigenvalue weighted by atomic mass is 9.96. The molecular formula is C12H23NO2S. The molecule has 94 valence electrons. The number of hydrogen-bond acceptors (Lipinski definition) is 3. The van der Waals surface area contributed by atoms with Crippen molar-refractivity contribution in [3.05, 3.63) is 0 Å². The molecule has 0 bridgehead atoms. The van der Waals surface area contributed by atoms with Crippen LogP contribution >= 0.6 is 0 Å². The topological polar surface area (TPSA) is 46.2 Å². The Morgan fingerprint density at radius 3 is 2.56 bits per heavy atom. The number of sulfone groups is 1. The van der Waals surface area contributed by atoms with Crippen molar-refractivity contribution in [1.29, 1.82) is 0 Å². The molecular weight excluding hydrogens is 222 g/mol. The van der Waals surface area contributed by atoms with E-state index in [4.69, 9.17) is 0 Å². The smallest absolute Gasteiger partial charge is 0.150 e. The standard InChI is InChI=1S/C12H23NO2S/c1-2-6-13-12(11-3-4-11)8-10-5-7-16(14,15)9-10/h10-13H,2-9H2,1H3. The number of rotatable bonds is 6. The van der Waals surface area contributed by atoms with Gasteiger partial charge < -0.3 is 5.32 Å². The molecule has 2 fully saturated rings. The second kappa shape index (κ2) is 5.05. The maximum absolute atomic E-state index is 11.4. The molecule has 1 aliphatic carbocycles. The van der Waals surface area contributed by atoms with Gasteiger partial charge in [0, 0.05) is 6.04 Å². The van der Waals surface area contributed by atoms with Crippen molar-refractivity contribution >= 4 is 9.84 Å². The molecule has 1 N–H and O–H groups in total. The van der Waals surface area contributed by atoms with Crippen LogP contribution in [0.5, 0.6) is 0 Å². The third-order valence-corrected chi connectivity index (χ3v) is 5.60. The first-order valence-corrected chi connectivity index (χ1v) is 8.36. The lowest BCUT2D eigenvalue weighted by molar-refractivity contribution is 0.373. The van der Waals surface area contributed by atoms with Crippen LogP contribution in [-0.4, -0.2) is 32.5 Å². The highest BCUT2D eigenvalue weighted by molar-refractivity contribution is 7.91. The van der Waals surface area contributed by atoms with Crippen LogP contribution in [0.15, 0.2) is 0 Å². The summed E-state index contributed by atoms with van der Waals surface area (Å²) < 4.78 is 22.8. The minimum atomic E-state index is -2.69. The summed E-state index contributed by atoms with van der Waals surface area (Å²) in [6, 6.07) is 0.582. The van der Waals surface area contributed by atoms with Crippen LogP contribution in [0.25, 0.3) is 0 Å². The van der Waals surface area contributed by atoms with Crippen LogP contribution in [0.2, 0.25) is 0 Å². The predicted octanol–water partition coefficient (Wildman–Crippen LogP) is 1.59. The SMILES string of the molecule is CCCNC(CC1CCS(=O)(=O)C1)C1CC1. The van der Waals surface area contributed by atoms with Crippen molar-refractivity contribution in [3.63, 3.8) is 0 Å². The Hall–Kier alpha value is -0.0900. The minimum Gasteiger partial charge on any atom is -0.314 e. The van der Waals surface area contributed by atoms with E-state index in [1.807, 2.05) is 0 Å². The molecule has 2 aliphatic rings. The van der Waals surface area contributed by atoms with Crippen LogP contribution in [0.3, 0.4) is 0 Å². The zero-order chi connectivity index (χ0) is 11.6. The normalized spacial score (nSPS) is 30.4. The van der Waals surface area contributed by atoms with Gasteiger partial charge in [-0.05, 0) is 50.5 Å². The molecule has 0 spiro atoms. The Morgan fingerprint density at radius 1 is 1.31 bits per heavy atom. The molecule has 2 rings (SSSR count). The summed E-state index contributed by atoms with van der Waals surface area (Å²) in [5.74, 6) is 2.10. The molecule has 0 radical (unpaired) electrons. The summed E-state index contributed by atoms with van der Waals surface area (Å²) >= 11 is 0. The highest BCUT2D eigenvalue weighted by Crippen LogP contribution is 2.37. The highest BCUT2D eigenvalue weighted by Gasteiger charge is 2.35. The highest BCUT2D eigenvalue weighted by atomic mass is 32.2. The van der Waals surface area contributed by atoms with Crippen LogP contribution in [0.1, 0.15) is 39.0 Å². The van der Waals surface area contributed by atoms with Crippen molar-refractivity contribution < 1.29 is 8.42 Å². The van der Waals surface area contributed by atoms with Crippen LogP contribution in [0.4, 0.5) is 0 Å². The van der Waals surface area contributed by atoms with Gasteiger partial charge in [0.05, 0.1) is 11.5 Å². The number of nitrogens with one attached hydrogen (secondary N) is 1. The van der Waals surface area contributed by atoms with E-state index in [-0.39, 0.29) is 0 Å². The minimum absolute atomic E-state index is 0.417. The zero-order valence-electron chi connectivity index (χ0n) is 10.1. The van der Waals surface area contributed by atoms with Crippen LogP contribution in [-0.2, 0) is 9.84 Å². The average Bonchev–Trinajstić information content (AvgIpc) is 2.99. The molecule has 3 nitrogen and oxygen atoms in total. The maximum Gasteiger partial charge on any atom is 0.150 e. The van der Waals surface area contributed by atoms with E-state index < -0.39 is 9.84 Å². The van der Waals surface area contributed by atoms with E-state index in [1.165, 1.54) is 12.8 Å². The number of hydrogen-bond donors (Lipinski definition) is 1. The average molecular weight is 245 g/mol. The van der Waals surface area contributed by atoms with E-state index in [2.05, 4.69) is 12.2 Å². The molecule has 2 atom stereocenters. The molecule has 16 heavy (non-hydrogen) atoms. The van der Waals surface area contributed by atoms with Crippen molar-refractivity contribution in [2.24, 2.45) is 11.8 Å². The second-order valence-corrected chi connectivity index (χ2v) is 7.63. The summed E-state index contributed by atoms with van der Waals surface area (Å²) in [6.07, 6.45) is 5.79. The largest absolute Gasteiger partial charge is 0.314 e. The molecule has 0 amide bonds. The van der Waals surface area contributed by atoms with E-state index in [0.717, 1.165) is 31.7 Å². The summed E-state index contributed by atoms with van der Waals surface area (Å²) in [7, 11) is -2.69. The van der Waals surface area contributed by atoms with E-state index in [0.29, 0.717) is 23.5 Å². The van der Waals surface area contributed by atoms with Crippen LogP contribution < -0.4 is 5.32 Å². The molecule has 4 heteroatoms. The Bertz CT molecular complexity index is 322. The Balaban J connectivity index is 1.81. The Labute approximate surface area is 98.9 Å². The first kappa shape index (κ1) is 12.4. The van der Waals surface area contributed by atoms with E-state index in [1.54, 1.807) is 0 Å². The summed E-state index contributed by atoms with van der Waals surface area (Å²) in [5, 5.41) is 3.59. The van der Waals surface area contributed by atoms with Gasteiger partial charge in [0.2, 0.25) is 0 Å². The first-order chi connectivity index (χ1) is 7.61. The molecule has 1 aliphatic heterocycles. The zero-order valence-corrected chi connectivity index (χ0v) is 10.9. The van der Waals surface area contributed by atoms with Gasteiger partial charge in [-0.2, -0.15) is 0 Å². The Kier molecular flexibility index (Phi) is 3.90. The fourth-order valence-corrected chi connectivity index (χ4v) is 4.57. The lowest BCUT2D eigenvalue weighted by Gasteiger charge is -2.20. The second-order valence-electron chi connectivity index (χ2n) is 5.40. The van der Waals surface area contributed by atoms with E-state index >= 15 is 0 Å². The fraction of sp³-hybridized carbons (Fsp3) is 1.00. The van der Waals surface area contributed by atoms with E-state index in [9.17, 15) is 8.42 Å². The molecule has 0 aromatic rings. The summed E-state index contributed by atoms with van der Waals surface area (Å²) in [5.41, 5.74) is 0. The van der Waals surface area contributed by atoms with Crippen LogP contribution in [0, 0.1) is 11.8 Å².